The molecular formula is C17H26FN3O4S. The summed E-state index contributed by atoms with van der Waals surface area (Å²) in [6.45, 7) is 6.83. The summed E-state index contributed by atoms with van der Waals surface area (Å²) >= 11 is 0. The van der Waals surface area contributed by atoms with Crippen molar-refractivity contribution in [3.05, 3.63) is 24.0 Å². The molecule has 1 saturated heterocycles. The molecule has 2 N–H and O–H groups in total. The predicted octanol–water partition coefficient (Wildman–Crippen LogP) is 1.42. The van der Waals surface area contributed by atoms with Gasteiger partial charge in [0, 0.05) is 24.8 Å². The van der Waals surface area contributed by atoms with Gasteiger partial charge in [0.15, 0.2) is 0 Å². The number of rotatable bonds is 7. The molecule has 1 atom stereocenters. The predicted molar refractivity (Wildman–Crippen MR) is 96.9 cm³/mol. The van der Waals surface area contributed by atoms with E-state index in [1.54, 1.807) is 0 Å². The molecule has 2 rings (SSSR count). The Morgan fingerprint density at radius 3 is 2.54 bits per heavy atom. The van der Waals surface area contributed by atoms with Crippen molar-refractivity contribution < 1.29 is 22.3 Å². The summed E-state index contributed by atoms with van der Waals surface area (Å²) in [5, 5.41) is 5.69. The number of amides is 1. The normalized spacial score (nSPS) is 17.1. The van der Waals surface area contributed by atoms with E-state index in [-0.39, 0.29) is 44.8 Å². The zero-order valence-electron chi connectivity index (χ0n) is 15.3. The Balaban J connectivity index is 2.08. The van der Waals surface area contributed by atoms with Crippen molar-refractivity contribution in [1.82, 2.24) is 9.62 Å². The summed E-state index contributed by atoms with van der Waals surface area (Å²) in [5.74, 6) is -0.733. The average Bonchev–Trinajstić information content (AvgIpc) is 2.61. The van der Waals surface area contributed by atoms with Crippen molar-refractivity contribution in [1.29, 1.82) is 0 Å². The van der Waals surface area contributed by atoms with Gasteiger partial charge in [-0.15, -0.1) is 0 Å². The van der Waals surface area contributed by atoms with Crippen LogP contribution in [0.15, 0.2) is 23.1 Å². The maximum Gasteiger partial charge on any atom is 0.246 e. The molecule has 0 spiro atoms. The van der Waals surface area contributed by atoms with Gasteiger partial charge in [0.05, 0.1) is 19.8 Å². The van der Waals surface area contributed by atoms with Crippen LogP contribution in [0.5, 0.6) is 0 Å². The number of nitrogens with one attached hydrogen (secondary N) is 2. The molecule has 1 aromatic rings. The van der Waals surface area contributed by atoms with Gasteiger partial charge in [-0.25, -0.2) is 12.8 Å². The van der Waals surface area contributed by atoms with Crippen molar-refractivity contribution in [2.45, 2.75) is 31.7 Å². The van der Waals surface area contributed by atoms with Gasteiger partial charge in [-0.3, -0.25) is 4.79 Å². The van der Waals surface area contributed by atoms with Crippen LogP contribution in [0, 0.1) is 11.7 Å². The molecule has 0 aliphatic carbocycles. The van der Waals surface area contributed by atoms with Crippen LogP contribution in [0.2, 0.25) is 0 Å². The fourth-order valence-corrected chi connectivity index (χ4v) is 3.89. The van der Waals surface area contributed by atoms with Crippen molar-refractivity contribution in [2.75, 3.05) is 38.2 Å². The maximum absolute atomic E-state index is 14.1. The monoisotopic (exact) mass is 387 g/mol. The van der Waals surface area contributed by atoms with Crippen LogP contribution in [0.4, 0.5) is 10.1 Å². The Labute approximate surface area is 154 Å². The van der Waals surface area contributed by atoms with Gasteiger partial charge >= 0.3 is 0 Å². The fraction of sp³-hybridized carbons (Fsp3) is 0.588. The summed E-state index contributed by atoms with van der Waals surface area (Å²) in [7, 11) is -3.95. The van der Waals surface area contributed by atoms with Crippen LogP contribution in [0.25, 0.3) is 0 Å². The first-order valence-electron chi connectivity index (χ1n) is 8.62. The van der Waals surface area contributed by atoms with Gasteiger partial charge in [0.25, 0.3) is 0 Å². The molecular weight excluding hydrogens is 361 g/mol. The third-order valence-electron chi connectivity index (χ3n) is 4.36. The number of benzene rings is 1. The van der Waals surface area contributed by atoms with Crippen LogP contribution >= 0.6 is 0 Å². The molecule has 1 aliphatic rings. The third kappa shape index (κ3) is 5.15. The molecule has 1 unspecified atom stereocenters. The molecule has 0 aromatic heterocycles. The van der Waals surface area contributed by atoms with Crippen molar-refractivity contribution in [3.63, 3.8) is 0 Å². The Morgan fingerprint density at radius 2 is 1.92 bits per heavy atom. The number of sulfonamides is 1. The lowest BCUT2D eigenvalue weighted by Crippen LogP contribution is -2.41. The smallest absolute Gasteiger partial charge is 0.246 e. The van der Waals surface area contributed by atoms with Crippen LogP contribution in [-0.4, -0.2) is 57.5 Å². The van der Waals surface area contributed by atoms with E-state index >= 15 is 0 Å². The number of carbonyl (C=O) groups excluding carboxylic acids is 1. The first-order chi connectivity index (χ1) is 12.2. The minimum atomic E-state index is -3.95. The number of ether oxygens (including phenoxy) is 1. The zero-order valence-corrected chi connectivity index (χ0v) is 16.1. The molecule has 1 heterocycles. The Kier molecular flexibility index (Phi) is 6.96. The summed E-state index contributed by atoms with van der Waals surface area (Å²) in [5.41, 5.74) is 0.366. The lowest BCUT2D eigenvalue weighted by Gasteiger charge is -2.26. The van der Waals surface area contributed by atoms with E-state index in [0.29, 0.717) is 11.6 Å². The number of carbonyl (C=O) groups is 1. The molecule has 1 aliphatic heterocycles. The number of anilines is 1. The Hall–Kier alpha value is -1.71. The van der Waals surface area contributed by atoms with E-state index in [1.807, 2.05) is 20.8 Å². The minimum Gasteiger partial charge on any atom is -0.379 e. The number of halogens is 1. The highest BCUT2D eigenvalue weighted by Gasteiger charge is 2.29. The van der Waals surface area contributed by atoms with Crippen molar-refractivity contribution >= 4 is 21.6 Å². The van der Waals surface area contributed by atoms with E-state index in [2.05, 4.69) is 10.6 Å². The summed E-state index contributed by atoms with van der Waals surface area (Å²) in [6.07, 6.45) is 0. The highest BCUT2D eigenvalue weighted by molar-refractivity contribution is 7.89. The zero-order chi connectivity index (χ0) is 19.3. The molecule has 9 heteroatoms. The summed E-state index contributed by atoms with van der Waals surface area (Å²) in [4.78, 5) is 11.5. The highest BCUT2D eigenvalue weighted by atomic mass is 32.2. The Morgan fingerprint density at radius 1 is 1.27 bits per heavy atom. The van der Waals surface area contributed by atoms with Gasteiger partial charge in [0.1, 0.15) is 10.7 Å². The number of morpholine rings is 1. The van der Waals surface area contributed by atoms with Gasteiger partial charge in [-0.1, -0.05) is 13.8 Å². The van der Waals surface area contributed by atoms with E-state index in [1.165, 1.54) is 16.4 Å². The van der Waals surface area contributed by atoms with Crippen molar-refractivity contribution in [2.24, 2.45) is 5.92 Å². The molecule has 0 saturated carbocycles. The molecule has 0 radical (unpaired) electrons. The number of nitrogens with zero attached hydrogens (tertiary/aromatic N) is 1. The van der Waals surface area contributed by atoms with Crippen LogP contribution in [0.3, 0.4) is 0 Å². The van der Waals surface area contributed by atoms with E-state index in [4.69, 9.17) is 4.74 Å². The lowest BCUT2D eigenvalue weighted by atomic mass is 10.1. The van der Waals surface area contributed by atoms with E-state index in [0.717, 1.165) is 6.07 Å². The minimum absolute atomic E-state index is 0.0229. The molecule has 0 bridgehead atoms. The molecule has 1 fully saturated rings. The van der Waals surface area contributed by atoms with Crippen molar-refractivity contribution in [3.8, 4) is 0 Å². The second-order valence-corrected chi connectivity index (χ2v) is 8.52. The van der Waals surface area contributed by atoms with E-state index in [9.17, 15) is 17.6 Å². The highest BCUT2D eigenvalue weighted by Crippen LogP contribution is 2.23. The first kappa shape index (κ1) is 20.6. The average molecular weight is 387 g/mol. The number of hydrogen-bond acceptors (Lipinski definition) is 5. The molecule has 1 amide bonds. The largest absolute Gasteiger partial charge is 0.379 e. The molecule has 1 aromatic carbocycles. The van der Waals surface area contributed by atoms with Crippen LogP contribution in [-0.2, 0) is 19.6 Å². The lowest BCUT2D eigenvalue weighted by molar-refractivity contribution is -0.120. The van der Waals surface area contributed by atoms with Gasteiger partial charge in [0.2, 0.25) is 15.9 Å². The van der Waals surface area contributed by atoms with Gasteiger partial charge in [-0.05, 0) is 31.0 Å². The SMILES string of the molecule is CC(C)C(C)NC(=O)CNc1ccc(F)c(S(=O)(=O)N2CCOCC2)c1. The topological polar surface area (TPSA) is 87.7 Å². The second-order valence-electron chi connectivity index (χ2n) is 6.62. The standard InChI is InChI=1S/C17H26FN3O4S/c1-12(2)13(3)20-17(22)11-19-14-4-5-15(18)16(10-14)26(23,24)21-6-8-25-9-7-21/h4-5,10,12-13,19H,6-9,11H2,1-3H3,(H,20,22). The first-order valence-corrected chi connectivity index (χ1v) is 10.1. The quantitative estimate of drug-likeness (QED) is 0.739. The van der Waals surface area contributed by atoms with Crippen LogP contribution in [0.1, 0.15) is 20.8 Å². The molecule has 26 heavy (non-hydrogen) atoms. The van der Waals surface area contributed by atoms with Crippen LogP contribution < -0.4 is 10.6 Å². The molecule has 146 valence electrons. The maximum atomic E-state index is 14.1. The second kappa shape index (κ2) is 8.79. The molecule has 7 nitrogen and oxygen atoms in total. The third-order valence-corrected chi connectivity index (χ3v) is 6.27. The fourth-order valence-electron chi connectivity index (χ4n) is 2.39. The van der Waals surface area contributed by atoms with E-state index < -0.39 is 20.7 Å². The van der Waals surface area contributed by atoms with Gasteiger partial charge in [-0.2, -0.15) is 4.31 Å². The summed E-state index contributed by atoms with van der Waals surface area (Å²) in [6, 6.07) is 3.74. The Bertz CT molecular complexity index is 734. The number of hydrogen-bond donors (Lipinski definition) is 2. The summed E-state index contributed by atoms with van der Waals surface area (Å²) < 4.78 is 45.8. The van der Waals surface area contributed by atoms with Gasteiger partial charge < -0.3 is 15.4 Å².